The first-order valence-electron chi connectivity index (χ1n) is 8.02. The molecule has 6 nitrogen and oxygen atoms in total. The molecule has 1 aliphatic heterocycles. The normalized spacial score (nSPS) is 18.8. The van der Waals surface area contributed by atoms with Crippen LogP contribution in [0.5, 0.6) is 0 Å². The van der Waals surface area contributed by atoms with E-state index in [1.807, 2.05) is 0 Å². The number of anilines is 1. The Bertz CT molecular complexity index is 1160. The van der Waals surface area contributed by atoms with Crippen LogP contribution in [0.15, 0.2) is 29.7 Å². The van der Waals surface area contributed by atoms with Gasteiger partial charge in [0.1, 0.15) is 17.2 Å². The van der Waals surface area contributed by atoms with Crippen LogP contribution in [-0.2, 0) is 22.9 Å². The molecule has 0 saturated heterocycles. The fourth-order valence-corrected chi connectivity index (χ4v) is 4.24. The Morgan fingerprint density at radius 2 is 1.94 bits per heavy atom. The van der Waals surface area contributed by atoms with Crippen LogP contribution in [0.1, 0.15) is 23.2 Å². The van der Waals surface area contributed by atoms with E-state index in [4.69, 9.17) is 11.6 Å². The standard InChI is InChI=1S/C17H8ClF6N5OS/c1-2-15(3-4-25)9-5-8(16(19,20)21)6-10(18)12(9)29-14(27-15)13(11(7-26)28-29)31(30)17(22,23)24/h2,5-6,27H,1,3H2. The van der Waals surface area contributed by atoms with Crippen LogP contribution in [0.25, 0.3) is 5.69 Å². The zero-order chi connectivity index (χ0) is 23.4. The summed E-state index contributed by atoms with van der Waals surface area (Å²) in [5.41, 5.74) is -9.74. The van der Waals surface area contributed by atoms with Crippen molar-refractivity contribution in [1.82, 2.24) is 9.78 Å². The lowest BCUT2D eigenvalue weighted by Gasteiger charge is -2.37. The van der Waals surface area contributed by atoms with Crippen LogP contribution in [0, 0.1) is 22.7 Å². The fraction of sp³-hybridized carbons (Fsp3) is 0.235. The lowest BCUT2D eigenvalue weighted by molar-refractivity contribution is -0.137. The van der Waals surface area contributed by atoms with Gasteiger partial charge in [-0.2, -0.15) is 23.7 Å². The minimum absolute atomic E-state index is 0.257. The molecule has 0 bridgehead atoms. The van der Waals surface area contributed by atoms with Gasteiger partial charge in [0.15, 0.2) is 5.82 Å². The van der Waals surface area contributed by atoms with E-state index in [2.05, 4.69) is 17.0 Å². The maximum atomic E-state index is 13.3. The maximum Gasteiger partial charge on any atom is 0.578 e. The number of nitrogens with zero attached hydrogens (tertiary/aromatic N) is 4. The van der Waals surface area contributed by atoms with E-state index >= 15 is 0 Å². The lowest BCUT2D eigenvalue weighted by atomic mass is 9.83. The second-order valence-electron chi connectivity index (χ2n) is 6.25. The van der Waals surface area contributed by atoms with Crippen LogP contribution in [0.4, 0.5) is 32.2 Å². The van der Waals surface area contributed by atoms with Crippen LogP contribution in [0.2, 0.25) is 5.02 Å². The molecule has 2 unspecified atom stereocenters. The van der Waals surface area contributed by atoms with Gasteiger partial charge in [0.25, 0.3) is 0 Å². The van der Waals surface area contributed by atoms with Gasteiger partial charge in [0, 0.05) is 5.56 Å². The summed E-state index contributed by atoms with van der Waals surface area (Å²) in [6.45, 7) is 3.49. The summed E-state index contributed by atoms with van der Waals surface area (Å²) in [5, 5.41) is 24.1. The largest absolute Gasteiger partial charge is 0.604 e. The van der Waals surface area contributed by atoms with Gasteiger partial charge >= 0.3 is 11.7 Å². The highest BCUT2D eigenvalue weighted by Crippen LogP contribution is 2.49. The number of aromatic nitrogens is 2. The summed E-state index contributed by atoms with van der Waals surface area (Å²) in [6.07, 6.45) is -4.38. The minimum atomic E-state index is -5.27. The molecule has 0 radical (unpaired) electrons. The van der Waals surface area contributed by atoms with Crippen LogP contribution >= 0.6 is 11.6 Å². The fourth-order valence-electron chi connectivity index (χ4n) is 3.13. The third-order valence-electron chi connectivity index (χ3n) is 4.47. The molecule has 2 atom stereocenters. The average molecular weight is 480 g/mol. The van der Waals surface area contributed by atoms with Crippen molar-refractivity contribution in [2.45, 2.75) is 28.5 Å². The molecule has 2 aromatic rings. The van der Waals surface area contributed by atoms with E-state index < -0.39 is 61.8 Å². The van der Waals surface area contributed by atoms with Crippen molar-refractivity contribution in [3.05, 3.63) is 46.6 Å². The van der Waals surface area contributed by atoms with Crippen molar-refractivity contribution in [1.29, 1.82) is 10.5 Å². The van der Waals surface area contributed by atoms with Gasteiger partial charge in [-0.15, -0.1) is 24.8 Å². The third-order valence-corrected chi connectivity index (χ3v) is 5.94. The predicted molar refractivity (Wildman–Crippen MR) is 96.5 cm³/mol. The van der Waals surface area contributed by atoms with Crippen molar-refractivity contribution >= 4 is 28.6 Å². The molecule has 31 heavy (non-hydrogen) atoms. The second-order valence-corrected chi connectivity index (χ2v) is 8.07. The molecule has 14 heteroatoms. The number of fused-ring (bicyclic) bond motifs is 3. The highest BCUT2D eigenvalue weighted by Gasteiger charge is 2.53. The Hall–Kier alpha value is -2.87. The first kappa shape index (κ1) is 22.8. The molecular formula is C17H8ClF6N5OS. The molecule has 0 fully saturated rings. The Balaban J connectivity index is 2.45. The Labute approximate surface area is 178 Å². The predicted octanol–water partition coefficient (Wildman–Crippen LogP) is 4.76. The molecule has 1 aromatic carbocycles. The van der Waals surface area contributed by atoms with Crippen molar-refractivity contribution in [3.8, 4) is 17.8 Å². The van der Waals surface area contributed by atoms with Gasteiger partial charge in [-0.3, -0.25) is 0 Å². The van der Waals surface area contributed by atoms with E-state index in [0.29, 0.717) is 16.8 Å². The van der Waals surface area contributed by atoms with Gasteiger partial charge in [-0.05, 0) is 12.1 Å². The molecule has 2 heterocycles. The van der Waals surface area contributed by atoms with Crippen molar-refractivity contribution in [2.75, 3.05) is 5.32 Å². The Morgan fingerprint density at radius 3 is 2.42 bits per heavy atom. The number of hydrogen-bond acceptors (Lipinski definition) is 5. The van der Waals surface area contributed by atoms with Gasteiger partial charge in [0.2, 0.25) is 10.6 Å². The number of rotatable bonds is 3. The van der Waals surface area contributed by atoms with E-state index in [-0.39, 0.29) is 11.3 Å². The van der Waals surface area contributed by atoms with Crippen molar-refractivity contribution in [2.24, 2.45) is 0 Å². The van der Waals surface area contributed by atoms with E-state index in [9.17, 15) is 41.4 Å². The zero-order valence-corrected chi connectivity index (χ0v) is 16.5. The number of halogens is 7. The number of alkyl halides is 6. The summed E-state index contributed by atoms with van der Waals surface area (Å²) < 4.78 is 92.3. The number of hydrogen-bond donors (Lipinski definition) is 1. The van der Waals surface area contributed by atoms with E-state index in [0.717, 1.165) is 6.08 Å². The Kier molecular flexibility index (Phi) is 5.42. The maximum absolute atomic E-state index is 13.3. The second kappa shape index (κ2) is 7.37. The molecule has 3 rings (SSSR count). The lowest BCUT2D eigenvalue weighted by Crippen LogP contribution is -2.39. The molecular weight excluding hydrogens is 472 g/mol. The third kappa shape index (κ3) is 3.59. The minimum Gasteiger partial charge on any atom is -0.604 e. The highest BCUT2D eigenvalue weighted by molar-refractivity contribution is 7.92. The Morgan fingerprint density at radius 1 is 1.29 bits per heavy atom. The van der Waals surface area contributed by atoms with Crippen molar-refractivity contribution in [3.63, 3.8) is 0 Å². The molecule has 1 aliphatic rings. The quantitative estimate of drug-likeness (QED) is 0.388. The van der Waals surface area contributed by atoms with Gasteiger partial charge < -0.3 is 9.87 Å². The monoisotopic (exact) mass is 479 g/mol. The molecule has 1 N–H and O–H groups in total. The molecule has 0 spiro atoms. The topological polar surface area (TPSA) is 100 Å². The van der Waals surface area contributed by atoms with Crippen LogP contribution in [0.3, 0.4) is 0 Å². The van der Waals surface area contributed by atoms with Crippen LogP contribution in [-0.4, -0.2) is 19.8 Å². The van der Waals surface area contributed by atoms with Gasteiger partial charge in [-0.1, -0.05) is 17.7 Å². The number of benzene rings is 1. The molecule has 162 valence electrons. The number of nitrogens with one attached hydrogen (secondary N) is 1. The van der Waals surface area contributed by atoms with E-state index in [1.165, 1.54) is 6.07 Å². The first-order valence-corrected chi connectivity index (χ1v) is 9.55. The molecule has 0 saturated carbocycles. The molecule has 0 aliphatic carbocycles. The summed E-state index contributed by atoms with van der Waals surface area (Å²) in [6, 6.07) is 4.31. The SMILES string of the molecule is C=CC1(CC#N)Nc2c([S+]([O-])C(F)(F)F)c(C#N)nn2-c2c(Cl)cc(C(F)(F)F)cc21. The summed E-state index contributed by atoms with van der Waals surface area (Å²) in [7, 11) is 0. The molecule has 0 amide bonds. The van der Waals surface area contributed by atoms with E-state index in [1.54, 1.807) is 6.07 Å². The highest BCUT2D eigenvalue weighted by atomic mass is 35.5. The zero-order valence-electron chi connectivity index (χ0n) is 14.9. The first-order chi connectivity index (χ1) is 14.3. The summed E-state index contributed by atoms with van der Waals surface area (Å²) >= 11 is 2.33. The van der Waals surface area contributed by atoms with Crippen molar-refractivity contribution < 1.29 is 30.9 Å². The average Bonchev–Trinajstić information content (AvgIpc) is 3.03. The van der Waals surface area contributed by atoms with Gasteiger partial charge in [0.05, 0.1) is 34.3 Å². The summed E-state index contributed by atoms with van der Waals surface area (Å²) in [5.74, 6) is -0.600. The van der Waals surface area contributed by atoms with Crippen LogP contribution < -0.4 is 5.32 Å². The number of nitriles is 2. The molecule has 1 aromatic heterocycles. The smallest absolute Gasteiger partial charge is 0.578 e. The summed E-state index contributed by atoms with van der Waals surface area (Å²) in [4.78, 5) is -1.04. The van der Waals surface area contributed by atoms with Gasteiger partial charge in [-0.25, -0.2) is 4.68 Å².